The average molecular weight is 229 g/mol. The molecular formula is C12H23NO3. The van der Waals surface area contributed by atoms with Gasteiger partial charge < -0.3 is 10.0 Å². The number of carbonyl (C=O) groups is 2. The van der Waals surface area contributed by atoms with E-state index in [-0.39, 0.29) is 5.91 Å². The third kappa shape index (κ3) is 3.51. The van der Waals surface area contributed by atoms with Gasteiger partial charge in [0.1, 0.15) is 5.54 Å². The summed E-state index contributed by atoms with van der Waals surface area (Å²) in [6.45, 7) is 9.37. The summed E-state index contributed by atoms with van der Waals surface area (Å²) in [5.74, 6) is -0.675. The Balaban J connectivity index is 4.92. The van der Waals surface area contributed by atoms with Crippen LogP contribution >= 0.6 is 0 Å². The Morgan fingerprint density at radius 2 is 1.88 bits per heavy atom. The monoisotopic (exact) mass is 229 g/mol. The molecule has 1 unspecified atom stereocenters. The molecule has 0 aromatic carbocycles. The van der Waals surface area contributed by atoms with Crippen molar-refractivity contribution in [2.75, 3.05) is 6.54 Å². The van der Waals surface area contributed by atoms with Crippen LogP contribution in [0.2, 0.25) is 0 Å². The maximum atomic E-state index is 11.4. The van der Waals surface area contributed by atoms with Gasteiger partial charge in [0.05, 0.1) is 0 Å². The van der Waals surface area contributed by atoms with Gasteiger partial charge in [0.25, 0.3) is 0 Å². The van der Waals surface area contributed by atoms with Crippen LogP contribution in [0.25, 0.3) is 0 Å². The summed E-state index contributed by atoms with van der Waals surface area (Å²) in [6.07, 6.45) is 1.29. The fourth-order valence-corrected chi connectivity index (χ4v) is 1.85. The summed E-state index contributed by atoms with van der Waals surface area (Å²) >= 11 is 0. The summed E-state index contributed by atoms with van der Waals surface area (Å²) in [7, 11) is 0. The van der Waals surface area contributed by atoms with E-state index in [1.54, 1.807) is 13.8 Å². The van der Waals surface area contributed by atoms with Crippen molar-refractivity contribution in [1.82, 2.24) is 4.90 Å². The molecule has 94 valence electrons. The summed E-state index contributed by atoms with van der Waals surface area (Å²) in [6, 6.07) is 0. The highest BCUT2D eigenvalue weighted by atomic mass is 16.4. The third-order valence-electron chi connectivity index (χ3n) is 2.96. The number of rotatable bonds is 6. The summed E-state index contributed by atoms with van der Waals surface area (Å²) < 4.78 is 0. The molecule has 0 saturated carbocycles. The first-order chi connectivity index (χ1) is 7.25. The molecule has 0 spiro atoms. The molecule has 0 aromatic rings. The lowest BCUT2D eigenvalue weighted by molar-refractivity contribution is -0.158. The Hall–Kier alpha value is -1.06. The van der Waals surface area contributed by atoms with E-state index < -0.39 is 11.5 Å². The number of hydrogen-bond donors (Lipinski definition) is 1. The van der Waals surface area contributed by atoms with Crippen LogP contribution < -0.4 is 0 Å². The van der Waals surface area contributed by atoms with Crippen molar-refractivity contribution in [2.24, 2.45) is 5.92 Å². The van der Waals surface area contributed by atoms with E-state index in [4.69, 9.17) is 0 Å². The van der Waals surface area contributed by atoms with Crippen LogP contribution in [0.3, 0.4) is 0 Å². The van der Waals surface area contributed by atoms with Gasteiger partial charge in [0.2, 0.25) is 5.91 Å². The van der Waals surface area contributed by atoms with Gasteiger partial charge in [-0.3, -0.25) is 4.79 Å². The lowest BCUT2D eigenvalue weighted by Gasteiger charge is -2.37. The van der Waals surface area contributed by atoms with Gasteiger partial charge in [-0.15, -0.1) is 0 Å². The highest BCUT2D eigenvalue weighted by molar-refractivity contribution is 5.85. The van der Waals surface area contributed by atoms with Crippen molar-refractivity contribution in [3.63, 3.8) is 0 Å². The van der Waals surface area contributed by atoms with Crippen LogP contribution in [0.1, 0.15) is 47.5 Å². The molecule has 4 heteroatoms. The molecule has 0 saturated heterocycles. The molecule has 1 amide bonds. The first-order valence-electron chi connectivity index (χ1n) is 5.77. The summed E-state index contributed by atoms with van der Waals surface area (Å²) in [4.78, 5) is 24.2. The highest BCUT2D eigenvalue weighted by Gasteiger charge is 2.39. The van der Waals surface area contributed by atoms with Crippen molar-refractivity contribution in [1.29, 1.82) is 0 Å². The van der Waals surface area contributed by atoms with Crippen LogP contribution in [0.15, 0.2) is 0 Å². The predicted molar refractivity (Wildman–Crippen MR) is 63.2 cm³/mol. The van der Waals surface area contributed by atoms with Crippen LogP contribution in [0.5, 0.6) is 0 Å². The van der Waals surface area contributed by atoms with E-state index in [0.717, 1.165) is 6.42 Å². The number of carboxylic acid groups (broad SMARTS) is 1. The Bertz CT molecular complexity index is 263. The lowest BCUT2D eigenvalue weighted by Crippen LogP contribution is -2.54. The van der Waals surface area contributed by atoms with E-state index in [0.29, 0.717) is 18.9 Å². The van der Waals surface area contributed by atoms with Crippen molar-refractivity contribution in [2.45, 2.75) is 53.0 Å². The number of hydrogen-bond acceptors (Lipinski definition) is 2. The first-order valence-corrected chi connectivity index (χ1v) is 5.77. The summed E-state index contributed by atoms with van der Waals surface area (Å²) in [5.41, 5.74) is -1.08. The molecule has 0 aliphatic heterocycles. The standard InChI is InChI=1S/C12H23NO3/c1-6-13(10(4)14)12(5,11(15)16)8-7-9(2)3/h9H,6-8H2,1-5H3,(H,15,16). The molecule has 0 aliphatic rings. The van der Waals surface area contributed by atoms with Gasteiger partial charge >= 0.3 is 5.97 Å². The molecule has 0 aliphatic carbocycles. The van der Waals surface area contributed by atoms with Gasteiger partial charge in [-0.2, -0.15) is 0 Å². The molecule has 1 atom stereocenters. The van der Waals surface area contributed by atoms with Crippen LogP contribution in [0, 0.1) is 5.92 Å². The molecule has 0 fully saturated rings. The second-order valence-electron chi connectivity index (χ2n) is 4.77. The largest absolute Gasteiger partial charge is 0.480 e. The molecule has 0 heterocycles. The Kier molecular flexibility index (Phi) is 5.48. The van der Waals surface area contributed by atoms with Gasteiger partial charge in [-0.1, -0.05) is 13.8 Å². The second-order valence-corrected chi connectivity index (χ2v) is 4.77. The topological polar surface area (TPSA) is 57.6 Å². The minimum Gasteiger partial charge on any atom is -0.480 e. The number of carboxylic acids is 1. The zero-order valence-corrected chi connectivity index (χ0v) is 10.9. The quantitative estimate of drug-likeness (QED) is 0.759. The molecule has 1 N–H and O–H groups in total. The van der Waals surface area contributed by atoms with Crippen molar-refractivity contribution in [3.05, 3.63) is 0 Å². The molecule has 16 heavy (non-hydrogen) atoms. The van der Waals surface area contributed by atoms with Crippen LogP contribution in [0.4, 0.5) is 0 Å². The molecular weight excluding hydrogens is 206 g/mol. The highest BCUT2D eigenvalue weighted by Crippen LogP contribution is 2.24. The van der Waals surface area contributed by atoms with Crippen LogP contribution in [-0.2, 0) is 9.59 Å². The Morgan fingerprint density at radius 3 is 2.12 bits per heavy atom. The van der Waals surface area contributed by atoms with Gasteiger partial charge in [0, 0.05) is 13.5 Å². The SMILES string of the molecule is CCN(C(C)=O)C(C)(CCC(C)C)C(=O)O. The van der Waals surface area contributed by atoms with Crippen LogP contribution in [-0.4, -0.2) is 34.0 Å². The lowest BCUT2D eigenvalue weighted by atomic mass is 9.90. The number of likely N-dealkylation sites (N-methyl/N-ethyl adjacent to an activating group) is 1. The minimum absolute atomic E-state index is 0.184. The van der Waals surface area contributed by atoms with E-state index in [1.165, 1.54) is 11.8 Å². The molecule has 0 bridgehead atoms. The number of aliphatic carboxylic acids is 1. The number of nitrogens with zero attached hydrogens (tertiary/aromatic N) is 1. The zero-order chi connectivity index (χ0) is 12.9. The maximum absolute atomic E-state index is 11.4. The van der Waals surface area contributed by atoms with Crippen molar-refractivity contribution >= 4 is 11.9 Å². The molecule has 0 radical (unpaired) electrons. The predicted octanol–water partition coefficient (Wildman–Crippen LogP) is 2.13. The first kappa shape index (κ1) is 14.9. The third-order valence-corrected chi connectivity index (χ3v) is 2.96. The number of carbonyl (C=O) groups excluding carboxylic acids is 1. The molecule has 0 aromatic heterocycles. The Labute approximate surface area is 97.6 Å². The second kappa shape index (κ2) is 5.87. The van der Waals surface area contributed by atoms with Crippen molar-refractivity contribution in [3.8, 4) is 0 Å². The molecule has 4 nitrogen and oxygen atoms in total. The Morgan fingerprint density at radius 1 is 1.38 bits per heavy atom. The fraction of sp³-hybridized carbons (Fsp3) is 0.833. The molecule has 0 rings (SSSR count). The number of amides is 1. The van der Waals surface area contributed by atoms with Crippen molar-refractivity contribution < 1.29 is 14.7 Å². The van der Waals surface area contributed by atoms with Gasteiger partial charge in [-0.25, -0.2) is 4.79 Å². The van der Waals surface area contributed by atoms with E-state index in [1.807, 2.05) is 13.8 Å². The van der Waals surface area contributed by atoms with E-state index in [2.05, 4.69) is 0 Å². The fourth-order valence-electron chi connectivity index (χ4n) is 1.85. The zero-order valence-electron chi connectivity index (χ0n) is 10.9. The average Bonchev–Trinajstić information content (AvgIpc) is 2.14. The van der Waals surface area contributed by atoms with Gasteiger partial charge in [0.15, 0.2) is 0 Å². The van der Waals surface area contributed by atoms with E-state index >= 15 is 0 Å². The summed E-state index contributed by atoms with van der Waals surface area (Å²) in [5, 5.41) is 9.30. The van der Waals surface area contributed by atoms with Gasteiger partial charge in [-0.05, 0) is 32.6 Å². The maximum Gasteiger partial charge on any atom is 0.329 e. The van der Waals surface area contributed by atoms with E-state index in [9.17, 15) is 14.7 Å². The minimum atomic E-state index is -1.08. The smallest absolute Gasteiger partial charge is 0.329 e. The normalized spacial score (nSPS) is 14.6.